The van der Waals surface area contributed by atoms with Gasteiger partial charge in [0.15, 0.2) is 0 Å². The van der Waals surface area contributed by atoms with E-state index in [1.165, 1.54) is 6.42 Å². The van der Waals surface area contributed by atoms with Gasteiger partial charge >= 0.3 is 0 Å². The summed E-state index contributed by atoms with van der Waals surface area (Å²) in [6.45, 7) is 2.94. The van der Waals surface area contributed by atoms with Crippen molar-refractivity contribution in [2.45, 2.75) is 57.0 Å². The Labute approximate surface area is 121 Å². The van der Waals surface area contributed by atoms with E-state index >= 15 is 0 Å². The Balaban J connectivity index is 1.60. The smallest absolute Gasteiger partial charge is 0.136 e. The van der Waals surface area contributed by atoms with Gasteiger partial charge in [0.2, 0.25) is 0 Å². The average molecular weight is 281 g/mol. The van der Waals surface area contributed by atoms with Crippen molar-refractivity contribution in [1.29, 1.82) is 0 Å². The Morgan fingerprint density at radius 1 is 1.15 bits per heavy atom. The van der Waals surface area contributed by atoms with Crippen LogP contribution in [0.3, 0.4) is 0 Å². The molecule has 2 saturated heterocycles. The zero-order chi connectivity index (χ0) is 14.1. The number of hydrogen-bond acceptors (Lipinski definition) is 4. The van der Waals surface area contributed by atoms with Crippen LogP contribution in [0.4, 0.5) is 0 Å². The van der Waals surface area contributed by atoms with E-state index in [-0.39, 0.29) is 16.9 Å². The molecule has 3 aliphatic rings. The van der Waals surface area contributed by atoms with Crippen LogP contribution in [0.2, 0.25) is 0 Å². The van der Waals surface area contributed by atoms with Crippen LogP contribution in [-0.2, 0) is 14.3 Å². The fraction of sp³-hybridized carbons (Fsp3) is 0.938. The normalized spacial score (nSPS) is 31.8. The van der Waals surface area contributed by atoms with Crippen molar-refractivity contribution in [2.24, 2.45) is 17.1 Å². The Hall–Kier alpha value is -0.450. The zero-order valence-corrected chi connectivity index (χ0v) is 12.4. The second-order valence-electron chi connectivity index (χ2n) is 7.03. The number of nitrogens with two attached hydrogens (primary N) is 1. The van der Waals surface area contributed by atoms with Crippen LogP contribution in [0.25, 0.3) is 0 Å². The third-order valence-corrected chi connectivity index (χ3v) is 5.75. The zero-order valence-electron chi connectivity index (χ0n) is 12.4. The third-order valence-electron chi connectivity index (χ3n) is 5.75. The summed E-state index contributed by atoms with van der Waals surface area (Å²) in [6, 6.07) is 0. The molecule has 20 heavy (non-hydrogen) atoms. The molecule has 4 heteroatoms. The lowest BCUT2D eigenvalue weighted by Crippen LogP contribution is -2.47. The van der Waals surface area contributed by atoms with Gasteiger partial charge < -0.3 is 15.2 Å². The molecule has 3 fully saturated rings. The minimum absolute atomic E-state index is 0.0771. The maximum atomic E-state index is 12.6. The van der Waals surface area contributed by atoms with E-state index in [1.807, 2.05) is 0 Å². The van der Waals surface area contributed by atoms with E-state index in [2.05, 4.69) is 0 Å². The van der Waals surface area contributed by atoms with Crippen molar-refractivity contribution >= 4 is 5.78 Å². The molecule has 2 heterocycles. The first-order valence-corrected chi connectivity index (χ1v) is 8.12. The van der Waals surface area contributed by atoms with Crippen molar-refractivity contribution < 1.29 is 14.3 Å². The van der Waals surface area contributed by atoms with Crippen molar-refractivity contribution in [2.75, 3.05) is 26.4 Å². The summed E-state index contributed by atoms with van der Waals surface area (Å²) >= 11 is 0. The highest BCUT2D eigenvalue weighted by Gasteiger charge is 2.44. The van der Waals surface area contributed by atoms with Crippen molar-refractivity contribution in [3.8, 4) is 0 Å². The van der Waals surface area contributed by atoms with Gasteiger partial charge in [0.05, 0.1) is 5.60 Å². The lowest BCUT2D eigenvalue weighted by Gasteiger charge is -2.45. The SMILES string of the molecule is NCC1(CC(=O)C2CCOC3(CCOCC3)C2)CCC1. The maximum absolute atomic E-state index is 12.6. The van der Waals surface area contributed by atoms with Gasteiger partial charge in [-0.2, -0.15) is 0 Å². The largest absolute Gasteiger partial charge is 0.381 e. The van der Waals surface area contributed by atoms with E-state index in [9.17, 15) is 4.79 Å². The van der Waals surface area contributed by atoms with Gasteiger partial charge in [0.1, 0.15) is 5.78 Å². The molecule has 0 amide bonds. The number of carbonyl (C=O) groups excluding carboxylic acids is 1. The number of ketones is 1. The van der Waals surface area contributed by atoms with Crippen molar-refractivity contribution in [1.82, 2.24) is 0 Å². The molecule has 1 unspecified atom stereocenters. The fourth-order valence-corrected chi connectivity index (χ4v) is 4.04. The summed E-state index contributed by atoms with van der Waals surface area (Å²) in [4.78, 5) is 12.6. The van der Waals surface area contributed by atoms with Crippen molar-refractivity contribution in [3.05, 3.63) is 0 Å². The summed E-state index contributed by atoms with van der Waals surface area (Å²) in [5.41, 5.74) is 5.95. The van der Waals surface area contributed by atoms with Gasteiger partial charge in [-0.3, -0.25) is 4.79 Å². The molecule has 0 aromatic heterocycles. The Morgan fingerprint density at radius 2 is 1.90 bits per heavy atom. The van der Waals surface area contributed by atoms with Crippen molar-refractivity contribution in [3.63, 3.8) is 0 Å². The summed E-state index contributed by atoms with van der Waals surface area (Å²) < 4.78 is 11.5. The molecule has 0 radical (unpaired) electrons. The fourth-order valence-electron chi connectivity index (χ4n) is 4.04. The molecule has 114 valence electrons. The summed E-state index contributed by atoms with van der Waals surface area (Å²) in [5.74, 6) is 0.621. The monoisotopic (exact) mass is 281 g/mol. The van der Waals surface area contributed by atoms with E-state index in [0.29, 0.717) is 18.7 Å². The minimum atomic E-state index is -0.0771. The molecule has 0 bridgehead atoms. The molecule has 2 N–H and O–H groups in total. The molecule has 4 nitrogen and oxygen atoms in total. The first-order chi connectivity index (χ1) is 9.67. The molecule has 1 spiro atoms. The van der Waals surface area contributed by atoms with E-state index in [0.717, 1.165) is 58.3 Å². The van der Waals surface area contributed by atoms with Gasteiger partial charge in [-0.15, -0.1) is 0 Å². The van der Waals surface area contributed by atoms with Gasteiger partial charge in [0.25, 0.3) is 0 Å². The van der Waals surface area contributed by atoms with E-state index in [4.69, 9.17) is 15.2 Å². The van der Waals surface area contributed by atoms with Gasteiger partial charge in [-0.1, -0.05) is 6.42 Å². The van der Waals surface area contributed by atoms with Crippen LogP contribution < -0.4 is 5.73 Å². The molecule has 1 atom stereocenters. The molecule has 0 aromatic rings. The first kappa shape index (κ1) is 14.5. The Morgan fingerprint density at radius 3 is 2.50 bits per heavy atom. The molecule has 1 aliphatic carbocycles. The van der Waals surface area contributed by atoms with Gasteiger partial charge in [-0.25, -0.2) is 0 Å². The second kappa shape index (κ2) is 5.74. The summed E-state index contributed by atoms with van der Waals surface area (Å²) in [7, 11) is 0. The van der Waals surface area contributed by atoms with E-state index < -0.39 is 0 Å². The van der Waals surface area contributed by atoms with Gasteiger partial charge in [-0.05, 0) is 50.5 Å². The highest BCUT2D eigenvalue weighted by Crippen LogP contribution is 2.45. The van der Waals surface area contributed by atoms with Crippen LogP contribution in [0.5, 0.6) is 0 Å². The molecule has 2 aliphatic heterocycles. The summed E-state index contributed by atoms with van der Waals surface area (Å²) in [6.07, 6.45) is 7.88. The predicted molar refractivity (Wildman–Crippen MR) is 76.4 cm³/mol. The molecular weight excluding hydrogens is 254 g/mol. The first-order valence-electron chi connectivity index (χ1n) is 8.12. The van der Waals surface area contributed by atoms with Crippen LogP contribution in [0.1, 0.15) is 51.4 Å². The quantitative estimate of drug-likeness (QED) is 0.856. The Kier molecular flexibility index (Phi) is 4.16. The number of carbonyl (C=O) groups is 1. The lowest BCUT2D eigenvalue weighted by atomic mass is 9.64. The van der Waals surface area contributed by atoms with Crippen LogP contribution in [-0.4, -0.2) is 37.7 Å². The lowest BCUT2D eigenvalue weighted by molar-refractivity contribution is -0.158. The standard InChI is InChI=1S/C16H27NO3/c17-12-15(3-1-4-15)11-14(18)13-2-7-20-16(10-13)5-8-19-9-6-16/h13H,1-12,17H2. The summed E-state index contributed by atoms with van der Waals surface area (Å²) in [5, 5.41) is 0. The number of ether oxygens (including phenoxy) is 2. The van der Waals surface area contributed by atoms with Crippen LogP contribution in [0.15, 0.2) is 0 Å². The molecule has 0 aromatic carbocycles. The number of hydrogen-bond donors (Lipinski definition) is 1. The molecular formula is C16H27NO3. The third kappa shape index (κ3) is 2.78. The molecule has 3 rings (SSSR count). The second-order valence-corrected chi connectivity index (χ2v) is 7.03. The van der Waals surface area contributed by atoms with Gasteiger partial charge in [0, 0.05) is 32.2 Å². The molecule has 1 saturated carbocycles. The van der Waals surface area contributed by atoms with Crippen LogP contribution in [0, 0.1) is 11.3 Å². The highest BCUT2D eigenvalue weighted by molar-refractivity contribution is 5.82. The van der Waals surface area contributed by atoms with E-state index in [1.54, 1.807) is 0 Å². The number of rotatable bonds is 4. The minimum Gasteiger partial charge on any atom is -0.381 e. The Bertz CT molecular complexity index is 348. The highest BCUT2D eigenvalue weighted by atomic mass is 16.5. The van der Waals surface area contributed by atoms with Crippen LogP contribution >= 0.6 is 0 Å². The topological polar surface area (TPSA) is 61.6 Å². The average Bonchev–Trinajstić information content (AvgIpc) is 2.43. The number of Topliss-reactive ketones (excluding diaryl/α,β-unsaturated/α-hetero) is 1. The predicted octanol–water partition coefficient (Wildman–Crippen LogP) is 2.05. The maximum Gasteiger partial charge on any atom is 0.136 e.